The van der Waals surface area contributed by atoms with E-state index < -0.39 is 17.7 Å². The number of aromatic amines is 1. The van der Waals surface area contributed by atoms with Gasteiger partial charge in [-0.3, -0.25) is 9.59 Å². The first-order valence-corrected chi connectivity index (χ1v) is 13.2. The summed E-state index contributed by atoms with van der Waals surface area (Å²) in [5, 5.41) is 12.4. The zero-order valence-corrected chi connectivity index (χ0v) is 21.7. The van der Waals surface area contributed by atoms with E-state index in [1.165, 1.54) is 0 Å². The molecule has 4 aromatic rings. The summed E-state index contributed by atoms with van der Waals surface area (Å²) < 4.78 is 11.8. The van der Waals surface area contributed by atoms with Crippen LogP contribution in [0.1, 0.15) is 41.1 Å². The van der Waals surface area contributed by atoms with Crippen LogP contribution in [0, 0.1) is 6.92 Å². The van der Waals surface area contributed by atoms with E-state index in [2.05, 4.69) is 4.98 Å². The number of aromatic nitrogens is 1. The van der Waals surface area contributed by atoms with Crippen molar-refractivity contribution in [2.75, 3.05) is 13.2 Å². The lowest BCUT2D eigenvalue weighted by atomic mass is 9.94. The van der Waals surface area contributed by atoms with Crippen molar-refractivity contribution in [3.63, 3.8) is 0 Å². The first-order chi connectivity index (χ1) is 19.0. The monoisotopic (exact) mass is 522 g/mol. The Morgan fingerprint density at radius 3 is 2.64 bits per heavy atom. The number of carbonyl (C=O) groups is 2. The van der Waals surface area contributed by atoms with Gasteiger partial charge in [-0.25, -0.2) is 0 Å². The van der Waals surface area contributed by atoms with Gasteiger partial charge in [-0.1, -0.05) is 48.5 Å². The fourth-order valence-electron chi connectivity index (χ4n) is 5.57. The molecule has 1 amide bonds. The second-order valence-corrected chi connectivity index (χ2v) is 10.1. The molecular formula is C32H30N2O5. The molecule has 1 aromatic heterocycles. The third kappa shape index (κ3) is 4.70. The SMILES string of the molecule is Cc1cc(/C(O)=C2\C(=O)C(=O)N(CC3CCCO3)C2c2c[nH]c3ccccc23)ccc1OCc1ccccc1. The maximum atomic E-state index is 13.5. The summed E-state index contributed by atoms with van der Waals surface area (Å²) in [6.45, 7) is 3.24. The van der Waals surface area contributed by atoms with E-state index in [4.69, 9.17) is 9.47 Å². The number of nitrogens with zero attached hydrogens (tertiary/aromatic N) is 1. The largest absolute Gasteiger partial charge is 0.507 e. The molecule has 0 radical (unpaired) electrons. The molecule has 3 aromatic carbocycles. The number of amides is 1. The first-order valence-electron chi connectivity index (χ1n) is 13.2. The molecule has 2 atom stereocenters. The number of para-hydroxylation sites is 1. The van der Waals surface area contributed by atoms with E-state index in [0.29, 0.717) is 24.5 Å². The Bertz CT molecular complexity index is 1570. The second-order valence-electron chi connectivity index (χ2n) is 10.1. The van der Waals surface area contributed by atoms with E-state index in [0.717, 1.165) is 40.4 Å². The van der Waals surface area contributed by atoms with Crippen LogP contribution in [0.15, 0.2) is 84.6 Å². The summed E-state index contributed by atoms with van der Waals surface area (Å²) in [7, 11) is 0. The van der Waals surface area contributed by atoms with Crippen LogP contribution in [0.3, 0.4) is 0 Å². The molecule has 39 heavy (non-hydrogen) atoms. The predicted octanol–water partition coefficient (Wildman–Crippen LogP) is 5.66. The van der Waals surface area contributed by atoms with Gasteiger partial charge in [0.05, 0.1) is 17.7 Å². The van der Waals surface area contributed by atoms with Crippen molar-refractivity contribution in [1.29, 1.82) is 0 Å². The molecule has 7 nitrogen and oxygen atoms in total. The van der Waals surface area contributed by atoms with Gasteiger partial charge in [0.15, 0.2) is 0 Å². The molecular weight excluding hydrogens is 492 g/mol. The minimum absolute atomic E-state index is 0.0834. The van der Waals surface area contributed by atoms with Crippen LogP contribution in [-0.4, -0.2) is 45.9 Å². The standard InChI is InChI=1S/C32H30N2O5/c1-20-16-22(13-14-27(20)39-19-21-8-3-2-4-9-21)30(35)28-29(25-17-33-26-12-6-5-11-24(25)26)34(32(37)31(28)36)18-23-10-7-15-38-23/h2-6,8-9,11-14,16-17,23,29,33,35H,7,10,15,18-19H2,1H3/b30-28+. The number of H-pyrrole nitrogens is 1. The van der Waals surface area contributed by atoms with Crippen molar-refractivity contribution in [3.05, 3.63) is 107 Å². The molecule has 198 valence electrons. The number of Topliss-reactive ketones (excluding diaryl/α,β-unsaturated/α-hetero) is 1. The van der Waals surface area contributed by atoms with Crippen LogP contribution in [-0.2, 0) is 20.9 Å². The quantitative estimate of drug-likeness (QED) is 0.186. The number of likely N-dealkylation sites (tertiary alicyclic amines) is 1. The van der Waals surface area contributed by atoms with Gasteiger partial charge >= 0.3 is 0 Å². The number of rotatable bonds is 7. The number of carbonyl (C=O) groups excluding carboxylic acids is 2. The summed E-state index contributed by atoms with van der Waals surface area (Å²) in [5.41, 5.74) is 4.07. The van der Waals surface area contributed by atoms with Gasteiger partial charge in [-0.15, -0.1) is 0 Å². The van der Waals surface area contributed by atoms with Crippen molar-refractivity contribution in [3.8, 4) is 5.75 Å². The van der Waals surface area contributed by atoms with Gasteiger partial charge in [0.1, 0.15) is 18.1 Å². The number of hydrogen-bond donors (Lipinski definition) is 2. The third-order valence-electron chi connectivity index (χ3n) is 7.57. The molecule has 7 heteroatoms. The van der Waals surface area contributed by atoms with Crippen molar-refractivity contribution >= 4 is 28.4 Å². The summed E-state index contributed by atoms with van der Waals surface area (Å²) in [4.78, 5) is 31.6. The van der Waals surface area contributed by atoms with Gasteiger partial charge in [-0.05, 0) is 55.2 Å². The Morgan fingerprint density at radius 2 is 1.87 bits per heavy atom. The number of aliphatic hydroxyl groups excluding tert-OH is 1. The smallest absolute Gasteiger partial charge is 0.295 e. The molecule has 0 aliphatic carbocycles. The van der Waals surface area contributed by atoms with Crippen LogP contribution in [0.5, 0.6) is 5.75 Å². The number of fused-ring (bicyclic) bond motifs is 1. The van der Waals surface area contributed by atoms with Gasteiger partial charge in [0.2, 0.25) is 0 Å². The van der Waals surface area contributed by atoms with E-state index in [9.17, 15) is 14.7 Å². The Hall–Kier alpha value is -4.36. The van der Waals surface area contributed by atoms with Crippen molar-refractivity contribution in [2.45, 2.75) is 38.5 Å². The van der Waals surface area contributed by atoms with Crippen LogP contribution >= 0.6 is 0 Å². The number of aliphatic hydroxyl groups is 1. The second kappa shape index (κ2) is 10.4. The highest BCUT2D eigenvalue weighted by Gasteiger charge is 2.47. The number of ketones is 1. The molecule has 0 saturated carbocycles. The van der Waals surface area contributed by atoms with E-state index in [1.807, 2.05) is 67.7 Å². The summed E-state index contributed by atoms with van der Waals surface area (Å²) in [6.07, 6.45) is 3.43. The maximum absolute atomic E-state index is 13.5. The molecule has 0 bridgehead atoms. The third-order valence-corrected chi connectivity index (χ3v) is 7.57. The molecule has 2 saturated heterocycles. The molecule has 2 fully saturated rings. The van der Waals surface area contributed by atoms with Crippen LogP contribution in [0.4, 0.5) is 0 Å². The number of ether oxygens (including phenoxy) is 2. The number of nitrogens with one attached hydrogen (secondary N) is 1. The van der Waals surface area contributed by atoms with Gasteiger partial charge in [0, 0.05) is 41.4 Å². The Labute approximate surface area is 226 Å². The van der Waals surface area contributed by atoms with Crippen molar-refractivity contribution in [2.24, 2.45) is 0 Å². The molecule has 2 aliphatic heterocycles. The Balaban J connectivity index is 1.38. The minimum atomic E-state index is -0.736. The van der Waals surface area contributed by atoms with Gasteiger partial charge in [-0.2, -0.15) is 0 Å². The Morgan fingerprint density at radius 1 is 1.08 bits per heavy atom. The minimum Gasteiger partial charge on any atom is -0.507 e. The molecule has 2 unspecified atom stereocenters. The van der Waals surface area contributed by atoms with E-state index in [-0.39, 0.29) is 24.0 Å². The number of hydrogen-bond acceptors (Lipinski definition) is 5. The van der Waals surface area contributed by atoms with Crippen LogP contribution in [0.25, 0.3) is 16.7 Å². The molecule has 2 aliphatic rings. The van der Waals surface area contributed by atoms with Gasteiger partial charge < -0.3 is 24.5 Å². The summed E-state index contributed by atoms with van der Waals surface area (Å²) >= 11 is 0. The lowest BCUT2D eigenvalue weighted by Crippen LogP contribution is -2.36. The normalized spacial score (nSPS) is 20.7. The lowest BCUT2D eigenvalue weighted by Gasteiger charge is -2.27. The average Bonchev–Trinajstić information content (AvgIpc) is 3.68. The molecule has 2 N–H and O–H groups in total. The van der Waals surface area contributed by atoms with E-state index in [1.54, 1.807) is 23.1 Å². The average molecular weight is 523 g/mol. The predicted molar refractivity (Wildman–Crippen MR) is 148 cm³/mol. The highest BCUT2D eigenvalue weighted by molar-refractivity contribution is 6.46. The van der Waals surface area contributed by atoms with Crippen molar-refractivity contribution in [1.82, 2.24) is 9.88 Å². The zero-order valence-electron chi connectivity index (χ0n) is 21.7. The van der Waals surface area contributed by atoms with Gasteiger partial charge in [0.25, 0.3) is 11.7 Å². The number of benzene rings is 3. The van der Waals surface area contributed by atoms with Crippen molar-refractivity contribution < 1.29 is 24.2 Å². The molecule has 0 spiro atoms. The van der Waals surface area contributed by atoms with Crippen LogP contribution < -0.4 is 4.74 Å². The Kier molecular flexibility index (Phi) is 6.67. The zero-order chi connectivity index (χ0) is 26.9. The van der Waals surface area contributed by atoms with Crippen LogP contribution in [0.2, 0.25) is 0 Å². The fraction of sp³-hybridized carbons (Fsp3) is 0.250. The fourth-order valence-corrected chi connectivity index (χ4v) is 5.57. The van der Waals surface area contributed by atoms with E-state index >= 15 is 0 Å². The topological polar surface area (TPSA) is 91.9 Å². The summed E-state index contributed by atoms with van der Waals surface area (Å²) in [5.74, 6) is -0.830. The molecule has 3 heterocycles. The first kappa shape index (κ1) is 24.9. The maximum Gasteiger partial charge on any atom is 0.295 e. The summed E-state index contributed by atoms with van der Waals surface area (Å²) in [6, 6.07) is 22.2. The number of aryl methyl sites for hydroxylation is 1. The molecule has 6 rings (SSSR count). The highest BCUT2D eigenvalue weighted by Crippen LogP contribution is 2.42. The lowest BCUT2D eigenvalue weighted by molar-refractivity contribution is -0.140. The highest BCUT2D eigenvalue weighted by atomic mass is 16.5.